The Hall–Kier alpha value is -1.86. The summed E-state index contributed by atoms with van der Waals surface area (Å²) in [5.41, 5.74) is 1.99. The maximum absolute atomic E-state index is 12.5. The molecule has 0 radical (unpaired) electrons. The van der Waals surface area contributed by atoms with E-state index in [9.17, 15) is 13.2 Å². The molecule has 5 nitrogen and oxygen atoms in total. The Kier molecular flexibility index (Phi) is 5.11. The number of thiophene rings is 1. The highest BCUT2D eigenvalue weighted by molar-refractivity contribution is 7.93. The zero-order valence-electron chi connectivity index (χ0n) is 13.5. The second-order valence-electron chi connectivity index (χ2n) is 5.13. The third-order valence-electron chi connectivity index (χ3n) is 3.42. The highest BCUT2D eigenvalue weighted by Crippen LogP contribution is 2.34. The Morgan fingerprint density at radius 2 is 1.78 bits per heavy atom. The fourth-order valence-electron chi connectivity index (χ4n) is 2.05. The Balaban J connectivity index is 2.41. The molecule has 0 aliphatic rings. The first kappa shape index (κ1) is 17.5. The van der Waals surface area contributed by atoms with Crippen molar-refractivity contribution in [3.8, 4) is 0 Å². The van der Waals surface area contributed by atoms with Crippen LogP contribution in [0.2, 0.25) is 0 Å². The molecule has 1 aromatic heterocycles. The SMILES string of the molecule is CCOC(=O)c1c(NS(=O)(=O)c2ccc(C)cc2)sc(C)c1C. The third kappa shape index (κ3) is 3.73. The predicted octanol–water partition coefficient (Wildman–Crippen LogP) is 3.65. The predicted molar refractivity (Wildman–Crippen MR) is 91.7 cm³/mol. The molecule has 1 aromatic carbocycles. The van der Waals surface area contributed by atoms with Crippen molar-refractivity contribution < 1.29 is 17.9 Å². The number of aryl methyl sites for hydroxylation is 2. The summed E-state index contributed by atoms with van der Waals surface area (Å²) < 4.78 is 32.6. The molecule has 0 saturated carbocycles. The van der Waals surface area contributed by atoms with Crippen LogP contribution in [0.4, 0.5) is 5.00 Å². The van der Waals surface area contributed by atoms with Crippen molar-refractivity contribution in [2.45, 2.75) is 32.6 Å². The van der Waals surface area contributed by atoms with E-state index in [1.54, 1.807) is 26.0 Å². The van der Waals surface area contributed by atoms with Gasteiger partial charge < -0.3 is 4.74 Å². The molecule has 7 heteroatoms. The van der Waals surface area contributed by atoms with Gasteiger partial charge in [-0.25, -0.2) is 13.2 Å². The van der Waals surface area contributed by atoms with E-state index in [4.69, 9.17) is 4.74 Å². The number of nitrogens with one attached hydrogen (secondary N) is 1. The van der Waals surface area contributed by atoms with Gasteiger partial charge in [0.1, 0.15) is 5.00 Å². The summed E-state index contributed by atoms with van der Waals surface area (Å²) >= 11 is 1.23. The largest absolute Gasteiger partial charge is 0.462 e. The molecule has 2 rings (SSSR count). The van der Waals surface area contributed by atoms with Crippen LogP contribution in [0.3, 0.4) is 0 Å². The molecule has 0 amide bonds. The van der Waals surface area contributed by atoms with E-state index >= 15 is 0 Å². The second-order valence-corrected chi connectivity index (χ2v) is 8.03. The van der Waals surface area contributed by atoms with Crippen LogP contribution >= 0.6 is 11.3 Å². The number of anilines is 1. The van der Waals surface area contributed by atoms with E-state index in [-0.39, 0.29) is 17.1 Å². The van der Waals surface area contributed by atoms with Crippen molar-refractivity contribution in [3.63, 3.8) is 0 Å². The van der Waals surface area contributed by atoms with Crippen molar-refractivity contribution >= 4 is 32.3 Å². The van der Waals surface area contributed by atoms with Crippen LogP contribution < -0.4 is 4.72 Å². The van der Waals surface area contributed by atoms with E-state index in [1.165, 1.54) is 23.5 Å². The molecule has 0 bridgehead atoms. The van der Waals surface area contributed by atoms with Crippen LogP contribution in [0.5, 0.6) is 0 Å². The monoisotopic (exact) mass is 353 g/mol. The zero-order chi connectivity index (χ0) is 17.2. The van der Waals surface area contributed by atoms with Crippen molar-refractivity contribution in [1.29, 1.82) is 0 Å². The standard InChI is InChI=1S/C16H19NO4S2/c1-5-21-16(18)14-11(3)12(4)22-15(14)17-23(19,20)13-8-6-10(2)7-9-13/h6-9,17H,5H2,1-4H3. The first-order valence-electron chi connectivity index (χ1n) is 7.13. The number of sulfonamides is 1. The summed E-state index contributed by atoms with van der Waals surface area (Å²) in [5, 5.41) is 0.291. The lowest BCUT2D eigenvalue weighted by Gasteiger charge is -2.09. The highest BCUT2D eigenvalue weighted by Gasteiger charge is 2.24. The van der Waals surface area contributed by atoms with Gasteiger partial charge in [-0.15, -0.1) is 11.3 Å². The molecular weight excluding hydrogens is 334 g/mol. The van der Waals surface area contributed by atoms with Crippen molar-refractivity contribution in [2.75, 3.05) is 11.3 Å². The minimum atomic E-state index is -3.75. The van der Waals surface area contributed by atoms with Gasteiger partial charge in [-0.2, -0.15) is 0 Å². The van der Waals surface area contributed by atoms with Gasteiger partial charge in [0, 0.05) is 4.88 Å². The molecule has 1 heterocycles. The molecule has 124 valence electrons. The summed E-state index contributed by atoms with van der Waals surface area (Å²) in [6, 6.07) is 6.53. The molecule has 1 N–H and O–H groups in total. The van der Waals surface area contributed by atoms with Crippen LogP contribution in [0, 0.1) is 20.8 Å². The lowest BCUT2D eigenvalue weighted by molar-refractivity contribution is 0.0527. The molecule has 0 aliphatic heterocycles. The van der Waals surface area contributed by atoms with E-state index in [0.717, 1.165) is 16.0 Å². The number of carbonyl (C=O) groups is 1. The molecule has 2 aromatic rings. The average molecular weight is 353 g/mol. The molecule has 0 saturated heterocycles. The summed E-state index contributed by atoms with van der Waals surface area (Å²) in [6.45, 7) is 7.45. The van der Waals surface area contributed by atoms with Crippen LogP contribution in [-0.2, 0) is 14.8 Å². The quantitative estimate of drug-likeness (QED) is 0.833. The molecule has 0 atom stereocenters. The normalized spacial score (nSPS) is 11.3. The number of carbonyl (C=O) groups excluding carboxylic acids is 1. The van der Waals surface area contributed by atoms with Crippen LogP contribution in [0.1, 0.15) is 33.3 Å². The van der Waals surface area contributed by atoms with Gasteiger partial charge in [0.15, 0.2) is 0 Å². The van der Waals surface area contributed by atoms with Crippen LogP contribution in [0.25, 0.3) is 0 Å². The Morgan fingerprint density at radius 3 is 2.35 bits per heavy atom. The first-order chi connectivity index (χ1) is 10.8. The number of benzene rings is 1. The van der Waals surface area contributed by atoms with Gasteiger partial charge in [0.25, 0.3) is 10.0 Å². The molecular formula is C16H19NO4S2. The lowest BCUT2D eigenvalue weighted by Crippen LogP contribution is -2.15. The van der Waals surface area contributed by atoms with Crippen molar-refractivity contribution in [2.24, 2.45) is 0 Å². The van der Waals surface area contributed by atoms with Crippen molar-refractivity contribution in [1.82, 2.24) is 0 Å². The molecule has 0 unspecified atom stereocenters. The highest BCUT2D eigenvalue weighted by atomic mass is 32.2. The van der Waals surface area contributed by atoms with Crippen LogP contribution in [0.15, 0.2) is 29.2 Å². The lowest BCUT2D eigenvalue weighted by atomic mass is 10.2. The number of rotatable bonds is 5. The third-order valence-corrected chi connectivity index (χ3v) is 6.04. The van der Waals surface area contributed by atoms with Gasteiger partial charge in [-0.3, -0.25) is 4.72 Å². The molecule has 0 fully saturated rings. The molecule has 23 heavy (non-hydrogen) atoms. The Morgan fingerprint density at radius 1 is 1.17 bits per heavy atom. The fraction of sp³-hybridized carbons (Fsp3) is 0.312. The van der Waals surface area contributed by atoms with Gasteiger partial charge in [-0.1, -0.05) is 17.7 Å². The number of hydrogen-bond donors (Lipinski definition) is 1. The zero-order valence-corrected chi connectivity index (χ0v) is 15.1. The number of ether oxygens (including phenoxy) is 1. The topological polar surface area (TPSA) is 72.5 Å². The van der Waals surface area contributed by atoms with Gasteiger partial charge in [-0.05, 0) is 45.4 Å². The van der Waals surface area contributed by atoms with E-state index < -0.39 is 16.0 Å². The first-order valence-corrected chi connectivity index (χ1v) is 9.42. The fourth-order valence-corrected chi connectivity index (χ4v) is 4.40. The summed E-state index contributed by atoms with van der Waals surface area (Å²) in [7, 11) is -3.75. The van der Waals surface area contributed by atoms with Crippen molar-refractivity contribution in [3.05, 3.63) is 45.8 Å². The maximum Gasteiger partial charge on any atom is 0.341 e. The van der Waals surface area contributed by atoms with E-state index in [2.05, 4.69) is 4.72 Å². The molecule has 0 spiro atoms. The smallest absolute Gasteiger partial charge is 0.341 e. The number of esters is 1. The van der Waals surface area contributed by atoms with E-state index in [0.29, 0.717) is 5.00 Å². The van der Waals surface area contributed by atoms with Gasteiger partial charge >= 0.3 is 5.97 Å². The average Bonchev–Trinajstić information content (AvgIpc) is 2.73. The minimum absolute atomic E-state index is 0.154. The van der Waals surface area contributed by atoms with Gasteiger partial charge in [0.2, 0.25) is 0 Å². The Labute approximate surface area is 140 Å². The minimum Gasteiger partial charge on any atom is -0.462 e. The Bertz CT molecular complexity index is 821. The molecule has 0 aliphatic carbocycles. The van der Waals surface area contributed by atoms with Crippen LogP contribution in [-0.4, -0.2) is 21.0 Å². The van der Waals surface area contributed by atoms with Gasteiger partial charge in [0.05, 0.1) is 17.1 Å². The summed E-state index contributed by atoms with van der Waals surface area (Å²) in [6.07, 6.45) is 0. The maximum atomic E-state index is 12.5. The summed E-state index contributed by atoms with van der Waals surface area (Å²) in [4.78, 5) is 13.1. The second kappa shape index (κ2) is 6.72. The summed E-state index contributed by atoms with van der Waals surface area (Å²) in [5.74, 6) is -0.518. The number of hydrogen-bond acceptors (Lipinski definition) is 5. The van der Waals surface area contributed by atoms with E-state index in [1.807, 2.05) is 13.8 Å².